The van der Waals surface area contributed by atoms with Crippen LogP contribution in [0.4, 0.5) is 0 Å². The van der Waals surface area contributed by atoms with Crippen molar-refractivity contribution in [1.29, 1.82) is 5.26 Å². The molecular formula is C15H21IN4O. The van der Waals surface area contributed by atoms with Crippen molar-refractivity contribution in [2.45, 2.75) is 25.5 Å². The van der Waals surface area contributed by atoms with E-state index in [1.54, 1.807) is 7.05 Å². The van der Waals surface area contributed by atoms with Gasteiger partial charge in [-0.1, -0.05) is 12.1 Å². The number of rotatable bonds is 4. The van der Waals surface area contributed by atoms with Crippen molar-refractivity contribution in [1.82, 2.24) is 10.6 Å². The molecule has 0 radical (unpaired) electrons. The second-order valence-corrected chi connectivity index (χ2v) is 4.75. The Kier molecular flexibility index (Phi) is 8.08. The molecule has 1 aromatic rings. The highest BCUT2D eigenvalue weighted by Crippen LogP contribution is 2.10. The summed E-state index contributed by atoms with van der Waals surface area (Å²) in [5.74, 6) is 0.768. The number of nitriles is 1. The van der Waals surface area contributed by atoms with Crippen molar-refractivity contribution in [3.8, 4) is 6.07 Å². The quantitative estimate of drug-likeness (QED) is 0.461. The molecule has 1 fully saturated rings. The van der Waals surface area contributed by atoms with Gasteiger partial charge in [-0.15, -0.1) is 24.0 Å². The van der Waals surface area contributed by atoms with Crippen LogP contribution in [0.15, 0.2) is 29.3 Å². The van der Waals surface area contributed by atoms with Gasteiger partial charge < -0.3 is 15.4 Å². The molecule has 0 aromatic heterocycles. The normalized spacial score (nSPS) is 17.7. The lowest BCUT2D eigenvalue weighted by molar-refractivity contribution is 0.114. The van der Waals surface area contributed by atoms with E-state index in [0.29, 0.717) is 18.2 Å². The predicted molar refractivity (Wildman–Crippen MR) is 93.7 cm³/mol. The molecule has 2 N–H and O–H groups in total. The van der Waals surface area contributed by atoms with E-state index in [9.17, 15) is 0 Å². The van der Waals surface area contributed by atoms with Gasteiger partial charge in [0.15, 0.2) is 5.96 Å². The number of aliphatic imine (C=N–C) groups is 1. The Balaban J connectivity index is 0.00000220. The van der Waals surface area contributed by atoms with Gasteiger partial charge in [-0.3, -0.25) is 4.99 Å². The largest absolute Gasteiger partial charge is 0.376 e. The summed E-state index contributed by atoms with van der Waals surface area (Å²) >= 11 is 0. The van der Waals surface area contributed by atoms with E-state index in [-0.39, 0.29) is 24.0 Å². The Morgan fingerprint density at radius 2 is 2.14 bits per heavy atom. The first kappa shape index (κ1) is 17.7. The summed E-state index contributed by atoms with van der Waals surface area (Å²) in [7, 11) is 1.75. The second kappa shape index (κ2) is 9.58. The lowest BCUT2D eigenvalue weighted by Crippen LogP contribution is -2.40. The highest BCUT2D eigenvalue weighted by molar-refractivity contribution is 14.0. The molecule has 1 aliphatic heterocycles. The second-order valence-electron chi connectivity index (χ2n) is 4.75. The molecule has 1 heterocycles. The van der Waals surface area contributed by atoms with Crippen molar-refractivity contribution >= 4 is 29.9 Å². The van der Waals surface area contributed by atoms with E-state index in [1.807, 2.05) is 24.3 Å². The number of hydrogen-bond acceptors (Lipinski definition) is 3. The third-order valence-electron chi connectivity index (χ3n) is 3.29. The zero-order valence-corrected chi connectivity index (χ0v) is 14.5. The van der Waals surface area contributed by atoms with Gasteiger partial charge in [-0.2, -0.15) is 5.26 Å². The molecule has 1 saturated heterocycles. The van der Waals surface area contributed by atoms with Gasteiger partial charge in [0.25, 0.3) is 0 Å². The van der Waals surface area contributed by atoms with Crippen LogP contribution in [0, 0.1) is 11.3 Å². The third kappa shape index (κ3) is 5.89. The van der Waals surface area contributed by atoms with E-state index in [4.69, 9.17) is 10.00 Å². The number of halogens is 1. The lowest BCUT2D eigenvalue weighted by atomic mass is 10.1. The average molecular weight is 400 g/mol. The van der Waals surface area contributed by atoms with Crippen molar-refractivity contribution < 1.29 is 4.74 Å². The van der Waals surface area contributed by atoms with Gasteiger partial charge in [0, 0.05) is 26.7 Å². The van der Waals surface area contributed by atoms with Gasteiger partial charge in [-0.25, -0.2) is 0 Å². The SMILES string of the molecule is CN=C(NCc1ccc(C#N)cc1)NCC1CCCO1.I. The summed E-state index contributed by atoms with van der Waals surface area (Å²) in [4.78, 5) is 4.18. The van der Waals surface area contributed by atoms with Gasteiger partial charge in [0.2, 0.25) is 0 Å². The minimum atomic E-state index is 0. The van der Waals surface area contributed by atoms with Crippen LogP contribution in [0.5, 0.6) is 0 Å². The zero-order chi connectivity index (χ0) is 14.2. The first-order valence-corrected chi connectivity index (χ1v) is 6.87. The third-order valence-corrected chi connectivity index (χ3v) is 3.29. The molecule has 1 aliphatic rings. The number of benzene rings is 1. The van der Waals surface area contributed by atoms with E-state index in [1.165, 1.54) is 0 Å². The minimum Gasteiger partial charge on any atom is -0.376 e. The molecule has 0 aliphatic carbocycles. The molecule has 2 rings (SSSR count). The van der Waals surface area contributed by atoms with Crippen LogP contribution in [0.1, 0.15) is 24.0 Å². The fraction of sp³-hybridized carbons (Fsp3) is 0.467. The lowest BCUT2D eigenvalue weighted by Gasteiger charge is -2.15. The summed E-state index contributed by atoms with van der Waals surface area (Å²) in [6.07, 6.45) is 2.55. The fourth-order valence-corrected chi connectivity index (χ4v) is 2.12. The molecule has 6 heteroatoms. The van der Waals surface area contributed by atoms with Gasteiger partial charge in [-0.05, 0) is 30.5 Å². The molecule has 114 valence electrons. The summed E-state index contributed by atoms with van der Waals surface area (Å²) in [6.45, 7) is 2.33. The Bertz CT molecular complexity index is 489. The Labute approximate surface area is 142 Å². The van der Waals surface area contributed by atoms with Gasteiger partial charge >= 0.3 is 0 Å². The van der Waals surface area contributed by atoms with Crippen LogP contribution in [0.3, 0.4) is 0 Å². The van der Waals surface area contributed by atoms with Crippen molar-refractivity contribution in [3.05, 3.63) is 35.4 Å². The fourth-order valence-electron chi connectivity index (χ4n) is 2.12. The van der Waals surface area contributed by atoms with Crippen LogP contribution >= 0.6 is 24.0 Å². The number of nitrogens with one attached hydrogen (secondary N) is 2. The predicted octanol–water partition coefficient (Wildman–Crippen LogP) is 2.02. The number of hydrogen-bond donors (Lipinski definition) is 2. The molecular weight excluding hydrogens is 379 g/mol. The summed E-state index contributed by atoms with van der Waals surface area (Å²) in [6, 6.07) is 9.64. The van der Waals surface area contributed by atoms with E-state index in [2.05, 4.69) is 21.7 Å². The number of ether oxygens (including phenoxy) is 1. The molecule has 0 amide bonds. The van der Waals surface area contributed by atoms with E-state index in [0.717, 1.165) is 37.5 Å². The zero-order valence-electron chi connectivity index (χ0n) is 12.1. The van der Waals surface area contributed by atoms with Crippen molar-refractivity contribution in [2.75, 3.05) is 20.2 Å². The smallest absolute Gasteiger partial charge is 0.191 e. The molecule has 0 bridgehead atoms. The first-order valence-electron chi connectivity index (χ1n) is 6.87. The molecule has 1 atom stereocenters. The summed E-state index contributed by atoms with van der Waals surface area (Å²) < 4.78 is 5.56. The van der Waals surface area contributed by atoms with E-state index >= 15 is 0 Å². The van der Waals surface area contributed by atoms with Crippen LogP contribution in [0.2, 0.25) is 0 Å². The monoisotopic (exact) mass is 400 g/mol. The maximum Gasteiger partial charge on any atom is 0.191 e. The molecule has 1 unspecified atom stereocenters. The highest BCUT2D eigenvalue weighted by Gasteiger charge is 2.15. The van der Waals surface area contributed by atoms with Crippen LogP contribution in [-0.2, 0) is 11.3 Å². The average Bonchev–Trinajstić information content (AvgIpc) is 3.01. The topological polar surface area (TPSA) is 69.4 Å². The number of nitrogens with zero attached hydrogens (tertiary/aromatic N) is 2. The maximum atomic E-state index is 8.75. The minimum absolute atomic E-state index is 0. The molecule has 21 heavy (non-hydrogen) atoms. The first-order chi connectivity index (χ1) is 9.81. The highest BCUT2D eigenvalue weighted by atomic mass is 127. The van der Waals surface area contributed by atoms with Crippen LogP contribution in [0.25, 0.3) is 0 Å². The van der Waals surface area contributed by atoms with Gasteiger partial charge in [0.1, 0.15) is 0 Å². The maximum absolute atomic E-state index is 8.75. The van der Waals surface area contributed by atoms with Crippen LogP contribution in [-0.4, -0.2) is 32.3 Å². The van der Waals surface area contributed by atoms with Gasteiger partial charge in [0.05, 0.1) is 17.7 Å². The summed E-state index contributed by atoms with van der Waals surface area (Å²) in [5.41, 5.74) is 1.79. The Morgan fingerprint density at radius 1 is 1.38 bits per heavy atom. The van der Waals surface area contributed by atoms with Crippen molar-refractivity contribution in [2.24, 2.45) is 4.99 Å². The molecule has 1 aromatic carbocycles. The molecule has 0 spiro atoms. The standard InChI is InChI=1S/C15H20N4O.HI/c1-17-15(19-11-14-3-2-8-20-14)18-10-13-6-4-12(9-16)5-7-13;/h4-7,14H,2-3,8,10-11H2,1H3,(H2,17,18,19);1H. The number of guanidine groups is 1. The van der Waals surface area contributed by atoms with Crippen LogP contribution < -0.4 is 10.6 Å². The van der Waals surface area contributed by atoms with E-state index < -0.39 is 0 Å². The molecule has 0 saturated carbocycles. The molecule has 5 nitrogen and oxygen atoms in total. The Morgan fingerprint density at radius 3 is 2.71 bits per heavy atom. The Hall–Kier alpha value is -1.33. The summed E-state index contributed by atoms with van der Waals surface area (Å²) in [5, 5.41) is 15.3. The van der Waals surface area contributed by atoms with Crippen molar-refractivity contribution in [3.63, 3.8) is 0 Å².